The van der Waals surface area contributed by atoms with Crippen LogP contribution in [0.1, 0.15) is 10.4 Å². The van der Waals surface area contributed by atoms with Crippen LogP contribution < -0.4 is 19.9 Å². The number of pyridine rings is 1. The Balaban J connectivity index is 1.67. The Hall–Kier alpha value is -4.29. The second-order valence-corrected chi connectivity index (χ2v) is 8.32. The minimum atomic E-state index is -0.519. The summed E-state index contributed by atoms with van der Waals surface area (Å²) in [7, 11) is 3.16. The number of carbonyl (C=O) groups is 1. The first kappa shape index (κ1) is 22.5. The molecule has 2 N–H and O–H groups in total. The Morgan fingerprint density at radius 2 is 1.63 bits per heavy atom. The Bertz CT molecular complexity index is 1600. The minimum absolute atomic E-state index is 0.406. The van der Waals surface area contributed by atoms with Crippen LogP contribution in [0.5, 0.6) is 23.0 Å². The summed E-state index contributed by atoms with van der Waals surface area (Å²) in [4.78, 5) is 16.7. The van der Waals surface area contributed by atoms with E-state index in [-0.39, 0.29) is 0 Å². The normalized spacial score (nSPS) is 10.9. The van der Waals surface area contributed by atoms with E-state index in [0.29, 0.717) is 44.7 Å². The molecule has 4 aromatic carbocycles. The summed E-state index contributed by atoms with van der Waals surface area (Å²) in [5, 5.41) is 3.09. The highest BCUT2D eigenvalue weighted by Crippen LogP contribution is 2.39. The summed E-state index contributed by atoms with van der Waals surface area (Å²) in [5.74, 6) is 1.83. The van der Waals surface area contributed by atoms with E-state index in [9.17, 15) is 4.79 Å². The fourth-order valence-electron chi connectivity index (χ4n) is 4.19. The molecular formula is C28H21ClN2O4. The number of nitrogens with zero attached hydrogens (tertiary/aromatic N) is 1. The van der Waals surface area contributed by atoms with Crippen LogP contribution in [0.3, 0.4) is 0 Å². The SMILES string of the molecule is COc1cc2nccc(Oc3ccc4ccc(C(N)=O)c(-c5cccc(Cl)c5)c4c3)c2cc1OC. The van der Waals surface area contributed by atoms with Crippen LogP contribution in [0, 0.1) is 0 Å². The summed E-state index contributed by atoms with van der Waals surface area (Å²) in [6, 6.07) is 22.1. The van der Waals surface area contributed by atoms with Gasteiger partial charge in [0.15, 0.2) is 11.5 Å². The van der Waals surface area contributed by atoms with Crippen molar-refractivity contribution in [3.8, 4) is 34.1 Å². The van der Waals surface area contributed by atoms with Gasteiger partial charge in [-0.3, -0.25) is 9.78 Å². The smallest absolute Gasteiger partial charge is 0.249 e. The highest BCUT2D eigenvalue weighted by molar-refractivity contribution is 6.31. The third kappa shape index (κ3) is 4.20. The lowest BCUT2D eigenvalue weighted by molar-refractivity contribution is 0.100. The largest absolute Gasteiger partial charge is 0.493 e. The van der Waals surface area contributed by atoms with E-state index in [2.05, 4.69) is 4.98 Å². The van der Waals surface area contributed by atoms with E-state index in [0.717, 1.165) is 21.7 Å². The number of methoxy groups -OCH3 is 2. The van der Waals surface area contributed by atoms with Crippen LogP contribution in [-0.2, 0) is 0 Å². The van der Waals surface area contributed by atoms with Crippen LogP contribution in [0.4, 0.5) is 0 Å². The van der Waals surface area contributed by atoms with Crippen molar-refractivity contribution in [2.24, 2.45) is 5.73 Å². The molecule has 1 aromatic heterocycles. The van der Waals surface area contributed by atoms with Crippen LogP contribution in [0.25, 0.3) is 32.8 Å². The molecule has 35 heavy (non-hydrogen) atoms. The number of primary amides is 1. The van der Waals surface area contributed by atoms with Crippen molar-refractivity contribution in [1.29, 1.82) is 0 Å². The Kier molecular flexibility index (Phi) is 5.89. The molecule has 0 aliphatic rings. The van der Waals surface area contributed by atoms with E-state index in [1.54, 1.807) is 44.7 Å². The van der Waals surface area contributed by atoms with Gasteiger partial charge < -0.3 is 19.9 Å². The number of halogens is 1. The van der Waals surface area contributed by atoms with E-state index in [1.807, 2.05) is 48.5 Å². The maximum absolute atomic E-state index is 12.3. The molecule has 5 rings (SSSR count). The molecule has 0 saturated carbocycles. The van der Waals surface area contributed by atoms with Crippen LogP contribution >= 0.6 is 11.6 Å². The molecule has 6 nitrogen and oxygen atoms in total. The van der Waals surface area contributed by atoms with Crippen molar-refractivity contribution in [2.75, 3.05) is 14.2 Å². The molecule has 1 heterocycles. The van der Waals surface area contributed by atoms with Gasteiger partial charge in [-0.2, -0.15) is 0 Å². The first-order valence-electron chi connectivity index (χ1n) is 10.8. The van der Waals surface area contributed by atoms with Crippen LogP contribution in [-0.4, -0.2) is 25.1 Å². The van der Waals surface area contributed by atoms with Gasteiger partial charge in [-0.05, 0) is 58.8 Å². The molecule has 1 amide bonds. The Morgan fingerprint density at radius 1 is 0.857 bits per heavy atom. The van der Waals surface area contributed by atoms with Crippen molar-refractivity contribution >= 4 is 39.2 Å². The molecule has 0 aliphatic carbocycles. The molecule has 0 saturated heterocycles. The van der Waals surface area contributed by atoms with E-state index in [1.165, 1.54) is 0 Å². The summed E-state index contributed by atoms with van der Waals surface area (Å²) < 4.78 is 17.2. The monoisotopic (exact) mass is 484 g/mol. The number of amides is 1. The van der Waals surface area contributed by atoms with Gasteiger partial charge in [0.1, 0.15) is 11.5 Å². The quantitative estimate of drug-likeness (QED) is 0.293. The number of hydrogen-bond acceptors (Lipinski definition) is 5. The zero-order valence-electron chi connectivity index (χ0n) is 19.0. The maximum Gasteiger partial charge on any atom is 0.249 e. The van der Waals surface area contributed by atoms with E-state index in [4.69, 9.17) is 31.5 Å². The van der Waals surface area contributed by atoms with Crippen molar-refractivity contribution in [1.82, 2.24) is 4.98 Å². The minimum Gasteiger partial charge on any atom is -0.493 e. The number of aromatic nitrogens is 1. The van der Waals surface area contributed by atoms with Gasteiger partial charge in [0, 0.05) is 33.8 Å². The van der Waals surface area contributed by atoms with Gasteiger partial charge in [0.25, 0.3) is 0 Å². The summed E-state index contributed by atoms with van der Waals surface area (Å²) in [5.41, 5.74) is 8.33. The van der Waals surface area contributed by atoms with Crippen molar-refractivity contribution in [3.05, 3.63) is 89.6 Å². The maximum atomic E-state index is 12.3. The molecule has 0 unspecified atom stereocenters. The number of rotatable bonds is 6. The molecule has 7 heteroatoms. The van der Waals surface area contributed by atoms with Crippen LogP contribution in [0.15, 0.2) is 79.0 Å². The van der Waals surface area contributed by atoms with E-state index >= 15 is 0 Å². The van der Waals surface area contributed by atoms with Crippen molar-refractivity contribution in [3.63, 3.8) is 0 Å². The molecule has 0 atom stereocenters. The summed E-state index contributed by atoms with van der Waals surface area (Å²) in [6.45, 7) is 0. The predicted octanol–water partition coefficient (Wildman–Crippen LogP) is 6.62. The molecular weight excluding hydrogens is 464 g/mol. The Morgan fingerprint density at radius 3 is 2.37 bits per heavy atom. The number of hydrogen-bond donors (Lipinski definition) is 1. The lowest BCUT2D eigenvalue weighted by Crippen LogP contribution is -2.12. The van der Waals surface area contributed by atoms with Gasteiger partial charge in [0.05, 0.1) is 19.7 Å². The zero-order chi connectivity index (χ0) is 24.5. The highest BCUT2D eigenvalue weighted by Gasteiger charge is 2.16. The first-order chi connectivity index (χ1) is 17.0. The average Bonchev–Trinajstić information content (AvgIpc) is 2.87. The highest BCUT2D eigenvalue weighted by atomic mass is 35.5. The third-order valence-corrected chi connectivity index (χ3v) is 6.04. The van der Waals surface area contributed by atoms with E-state index < -0.39 is 5.91 Å². The molecule has 0 spiro atoms. The standard InChI is InChI=1S/C28H21ClN2O4/c1-33-25-14-22-23(15-26(25)34-2)31-11-10-24(22)35-19-8-6-16-7-9-20(28(30)32)27(21(16)13-19)17-4-3-5-18(29)12-17/h3-15H,1-2H3,(H2,30,32). The lowest BCUT2D eigenvalue weighted by atomic mass is 9.93. The van der Waals surface area contributed by atoms with Gasteiger partial charge >= 0.3 is 0 Å². The first-order valence-corrected chi connectivity index (χ1v) is 11.2. The molecule has 5 aromatic rings. The number of benzene rings is 4. The van der Waals surface area contributed by atoms with Crippen molar-refractivity contribution in [2.45, 2.75) is 0 Å². The summed E-state index contributed by atoms with van der Waals surface area (Å²) >= 11 is 6.25. The lowest BCUT2D eigenvalue weighted by Gasteiger charge is -2.15. The fraction of sp³-hybridized carbons (Fsp3) is 0.0714. The van der Waals surface area contributed by atoms with Gasteiger partial charge in [-0.25, -0.2) is 0 Å². The predicted molar refractivity (Wildman–Crippen MR) is 138 cm³/mol. The second-order valence-electron chi connectivity index (χ2n) is 7.88. The number of ether oxygens (including phenoxy) is 3. The van der Waals surface area contributed by atoms with Gasteiger partial charge in [-0.15, -0.1) is 0 Å². The topological polar surface area (TPSA) is 83.7 Å². The second kappa shape index (κ2) is 9.16. The molecule has 0 bridgehead atoms. The van der Waals surface area contributed by atoms with Crippen molar-refractivity contribution < 1.29 is 19.0 Å². The summed E-state index contributed by atoms with van der Waals surface area (Å²) in [6.07, 6.45) is 1.67. The third-order valence-electron chi connectivity index (χ3n) is 5.81. The Labute approximate surface area is 206 Å². The molecule has 0 fully saturated rings. The van der Waals surface area contributed by atoms with Gasteiger partial charge in [0.2, 0.25) is 5.91 Å². The molecule has 0 aliphatic heterocycles. The molecule has 174 valence electrons. The number of carbonyl (C=O) groups excluding carboxylic acids is 1. The fourth-order valence-corrected chi connectivity index (χ4v) is 4.38. The average molecular weight is 485 g/mol. The van der Waals surface area contributed by atoms with Crippen LogP contribution in [0.2, 0.25) is 5.02 Å². The number of fused-ring (bicyclic) bond motifs is 2. The zero-order valence-corrected chi connectivity index (χ0v) is 19.8. The molecule has 0 radical (unpaired) electrons. The van der Waals surface area contributed by atoms with Gasteiger partial charge in [-0.1, -0.05) is 35.9 Å². The number of nitrogens with two attached hydrogens (primary N) is 1.